The largest absolute Gasteiger partial charge is 0.480 e. The zero-order valence-corrected chi connectivity index (χ0v) is 10.8. The maximum Gasteiger partial charge on any atom is 0.326 e. The minimum absolute atomic E-state index is 0.141. The Hall–Kier alpha value is -2.05. The van der Waals surface area contributed by atoms with Crippen molar-refractivity contribution in [2.75, 3.05) is 0 Å². The molecule has 1 amide bonds. The topological polar surface area (TPSA) is 66.4 Å². The molecular formula is C13H14F3NO3. The van der Waals surface area contributed by atoms with E-state index in [0.29, 0.717) is 25.0 Å². The van der Waals surface area contributed by atoms with Crippen LogP contribution in [-0.4, -0.2) is 23.0 Å². The summed E-state index contributed by atoms with van der Waals surface area (Å²) in [5.74, 6) is -6.42. The number of carboxylic acids is 1. The van der Waals surface area contributed by atoms with Crippen LogP contribution >= 0.6 is 0 Å². The van der Waals surface area contributed by atoms with E-state index in [-0.39, 0.29) is 6.42 Å². The Morgan fingerprint density at radius 1 is 1.25 bits per heavy atom. The molecule has 1 aromatic carbocycles. The van der Waals surface area contributed by atoms with Crippen LogP contribution in [0.4, 0.5) is 13.2 Å². The lowest BCUT2D eigenvalue weighted by Crippen LogP contribution is -2.41. The van der Waals surface area contributed by atoms with Gasteiger partial charge in [-0.05, 0) is 6.42 Å². The van der Waals surface area contributed by atoms with Gasteiger partial charge in [0, 0.05) is 12.1 Å². The summed E-state index contributed by atoms with van der Waals surface area (Å²) < 4.78 is 39.5. The molecule has 1 atom stereocenters. The van der Waals surface area contributed by atoms with Crippen LogP contribution < -0.4 is 5.32 Å². The molecule has 0 unspecified atom stereocenters. The number of carbonyl (C=O) groups is 2. The van der Waals surface area contributed by atoms with E-state index in [1.54, 1.807) is 0 Å². The molecule has 1 rings (SSSR count). The number of carbonyl (C=O) groups excluding carboxylic acids is 1. The molecule has 1 aromatic rings. The summed E-state index contributed by atoms with van der Waals surface area (Å²) in [5.41, 5.74) is -0.992. The Morgan fingerprint density at radius 3 is 2.25 bits per heavy atom. The maximum atomic E-state index is 13.4. The van der Waals surface area contributed by atoms with Crippen LogP contribution in [0.1, 0.15) is 36.5 Å². The second-order valence-electron chi connectivity index (χ2n) is 4.25. The molecular weight excluding hydrogens is 275 g/mol. The van der Waals surface area contributed by atoms with E-state index in [4.69, 9.17) is 5.11 Å². The van der Waals surface area contributed by atoms with E-state index in [1.165, 1.54) is 0 Å². The van der Waals surface area contributed by atoms with Crippen LogP contribution in [-0.2, 0) is 4.79 Å². The van der Waals surface area contributed by atoms with Gasteiger partial charge in [-0.15, -0.1) is 0 Å². The van der Waals surface area contributed by atoms with E-state index < -0.39 is 40.9 Å². The van der Waals surface area contributed by atoms with Crippen molar-refractivity contribution in [1.29, 1.82) is 0 Å². The highest BCUT2D eigenvalue weighted by Gasteiger charge is 2.24. The number of amides is 1. The molecule has 0 aliphatic heterocycles. The van der Waals surface area contributed by atoms with E-state index in [0.717, 1.165) is 0 Å². The highest BCUT2D eigenvalue weighted by molar-refractivity contribution is 5.97. The molecule has 0 saturated heterocycles. The minimum atomic E-state index is -1.38. The van der Waals surface area contributed by atoms with E-state index in [2.05, 4.69) is 0 Å². The van der Waals surface area contributed by atoms with Crippen LogP contribution in [0.5, 0.6) is 0 Å². The number of halogens is 3. The van der Waals surface area contributed by atoms with E-state index >= 15 is 0 Å². The summed E-state index contributed by atoms with van der Waals surface area (Å²) in [7, 11) is 0. The predicted octanol–water partition coefficient (Wildman–Crippen LogP) is 2.48. The van der Waals surface area contributed by atoms with Crippen molar-refractivity contribution in [2.24, 2.45) is 0 Å². The zero-order chi connectivity index (χ0) is 15.3. The first-order valence-corrected chi connectivity index (χ1v) is 6.05. The standard InChI is InChI=1S/C13H14F3NO3/c1-2-3-4-10(13(19)20)17-12(18)11-8(15)5-7(14)6-9(11)16/h5-6,10H,2-4H2,1H3,(H,17,18)(H,19,20)/t10-/m1/s1. The first-order chi connectivity index (χ1) is 9.36. The van der Waals surface area contributed by atoms with Gasteiger partial charge in [0.1, 0.15) is 29.1 Å². The van der Waals surface area contributed by atoms with Gasteiger partial charge < -0.3 is 10.4 Å². The summed E-state index contributed by atoms with van der Waals surface area (Å²) >= 11 is 0. The first-order valence-electron chi connectivity index (χ1n) is 6.05. The van der Waals surface area contributed by atoms with Crippen molar-refractivity contribution in [2.45, 2.75) is 32.2 Å². The molecule has 0 radical (unpaired) electrons. The Kier molecular flexibility index (Phi) is 5.54. The Labute approximate surface area is 113 Å². The monoisotopic (exact) mass is 289 g/mol. The molecule has 7 heteroatoms. The molecule has 0 spiro atoms. The average Bonchev–Trinajstić information content (AvgIpc) is 2.32. The number of unbranched alkanes of at least 4 members (excludes halogenated alkanes) is 1. The summed E-state index contributed by atoms with van der Waals surface area (Å²) in [6, 6.07) is -0.522. The van der Waals surface area contributed by atoms with Gasteiger partial charge in [-0.3, -0.25) is 4.79 Å². The molecule has 2 N–H and O–H groups in total. The molecule has 20 heavy (non-hydrogen) atoms. The first kappa shape index (κ1) is 16.0. The second kappa shape index (κ2) is 6.93. The SMILES string of the molecule is CCCC[C@@H](NC(=O)c1c(F)cc(F)cc1F)C(=O)O. The van der Waals surface area contributed by atoms with Crippen molar-refractivity contribution in [3.8, 4) is 0 Å². The molecule has 0 fully saturated rings. The highest BCUT2D eigenvalue weighted by atomic mass is 19.1. The summed E-state index contributed by atoms with van der Waals surface area (Å²) in [4.78, 5) is 22.6. The fraction of sp³-hybridized carbons (Fsp3) is 0.385. The third kappa shape index (κ3) is 3.97. The molecule has 0 saturated carbocycles. The highest BCUT2D eigenvalue weighted by Crippen LogP contribution is 2.15. The van der Waals surface area contributed by atoms with Gasteiger partial charge in [0.25, 0.3) is 5.91 Å². The lowest BCUT2D eigenvalue weighted by molar-refractivity contribution is -0.139. The van der Waals surface area contributed by atoms with E-state index in [1.807, 2.05) is 12.2 Å². The summed E-state index contributed by atoms with van der Waals surface area (Å²) in [6.07, 6.45) is 1.38. The number of hydrogen-bond donors (Lipinski definition) is 2. The third-order valence-corrected chi connectivity index (χ3v) is 2.68. The Bertz CT molecular complexity index is 497. The molecule has 0 bridgehead atoms. The smallest absolute Gasteiger partial charge is 0.326 e. The lowest BCUT2D eigenvalue weighted by atomic mass is 10.1. The van der Waals surface area contributed by atoms with Gasteiger partial charge >= 0.3 is 5.97 Å². The predicted molar refractivity (Wildman–Crippen MR) is 64.7 cm³/mol. The molecule has 0 aromatic heterocycles. The van der Waals surface area contributed by atoms with Gasteiger partial charge in [-0.2, -0.15) is 0 Å². The zero-order valence-electron chi connectivity index (χ0n) is 10.8. The van der Waals surface area contributed by atoms with Gasteiger partial charge in [-0.25, -0.2) is 18.0 Å². The van der Waals surface area contributed by atoms with E-state index in [9.17, 15) is 22.8 Å². The molecule has 4 nitrogen and oxygen atoms in total. The van der Waals surface area contributed by atoms with Crippen molar-refractivity contribution in [3.63, 3.8) is 0 Å². The van der Waals surface area contributed by atoms with Crippen molar-refractivity contribution in [1.82, 2.24) is 5.32 Å². The van der Waals surface area contributed by atoms with Crippen LogP contribution in [0.3, 0.4) is 0 Å². The Morgan fingerprint density at radius 2 is 1.80 bits per heavy atom. The van der Waals surface area contributed by atoms with Crippen LogP contribution in [0.25, 0.3) is 0 Å². The Balaban J connectivity index is 2.92. The minimum Gasteiger partial charge on any atom is -0.480 e. The van der Waals surface area contributed by atoms with Crippen LogP contribution in [0.2, 0.25) is 0 Å². The van der Waals surface area contributed by atoms with Crippen molar-refractivity contribution >= 4 is 11.9 Å². The molecule has 0 aliphatic carbocycles. The summed E-state index contributed by atoms with van der Waals surface area (Å²) in [5, 5.41) is 10.9. The maximum absolute atomic E-state index is 13.4. The van der Waals surface area contributed by atoms with Gasteiger partial charge in [0.05, 0.1) is 0 Å². The van der Waals surface area contributed by atoms with Gasteiger partial charge in [0.15, 0.2) is 0 Å². The second-order valence-corrected chi connectivity index (χ2v) is 4.25. The molecule has 0 aliphatic rings. The van der Waals surface area contributed by atoms with Crippen LogP contribution in [0, 0.1) is 17.5 Å². The third-order valence-electron chi connectivity index (χ3n) is 2.68. The average molecular weight is 289 g/mol. The number of nitrogens with one attached hydrogen (secondary N) is 1. The van der Waals surface area contributed by atoms with Crippen LogP contribution in [0.15, 0.2) is 12.1 Å². The fourth-order valence-corrected chi connectivity index (χ4v) is 1.66. The van der Waals surface area contributed by atoms with Gasteiger partial charge in [-0.1, -0.05) is 19.8 Å². The number of carboxylic acid groups (broad SMARTS) is 1. The molecule has 110 valence electrons. The van der Waals surface area contributed by atoms with Crippen molar-refractivity contribution in [3.05, 3.63) is 35.1 Å². The number of aliphatic carboxylic acids is 1. The molecule has 0 heterocycles. The fourth-order valence-electron chi connectivity index (χ4n) is 1.66. The lowest BCUT2D eigenvalue weighted by Gasteiger charge is -2.14. The number of hydrogen-bond acceptors (Lipinski definition) is 2. The quantitative estimate of drug-likeness (QED) is 0.845. The number of rotatable bonds is 6. The number of benzene rings is 1. The van der Waals surface area contributed by atoms with Gasteiger partial charge in [0.2, 0.25) is 0 Å². The summed E-state index contributed by atoms with van der Waals surface area (Å²) in [6.45, 7) is 1.83. The van der Waals surface area contributed by atoms with Crippen molar-refractivity contribution < 1.29 is 27.9 Å². The normalized spacial score (nSPS) is 12.0.